The number of hydrogen-bond donors (Lipinski definition) is 1. The van der Waals surface area contributed by atoms with Crippen LogP contribution >= 0.6 is 0 Å². The van der Waals surface area contributed by atoms with Gasteiger partial charge in [-0.3, -0.25) is 9.59 Å². The molecule has 2 aromatic rings. The van der Waals surface area contributed by atoms with Crippen LogP contribution in [0.2, 0.25) is 0 Å². The van der Waals surface area contributed by atoms with Gasteiger partial charge in [0.2, 0.25) is 11.8 Å². The Hall–Kier alpha value is -2.82. The number of nitrogens with one attached hydrogen (secondary N) is 1. The fraction of sp³-hybridized carbons (Fsp3) is 0.440. The van der Waals surface area contributed by atoms with Crippen LogP contribution in [0.25, 0.3) is 0 Å². The number of carbonyl (C=O) groups is 2. The molecule has 0 saturated heterocycles. The van der Waals surface area contributed by atoms with Crippen LogP contribution in [0.5, 0.6) is 5.75 Å². The number of benzene rings is 2. The molecule has 30 heavy (non-hydrogen) atoms. The van der Waals surface area contributed by atoms with Crippen molar-refractivity contribution in [2.45, 2.75) is 58.5 Å². The number of hydrogen-bond acceptors (Lipinski definition) is 3. The molecule has 0 heterocycles. The Labute approximate surface area is 180 Å². The van der Waals surface area contributed by atoms with E-state index < -0.39 is 6.04 Å². The van der Waals surface area contributed by atoms with Gasteiger partial charge in [0.1, 0.15) is 11.8 Å². The van der Waals surface area contributed by atoms with Crippen molar-refractivity contribution in [1.82, 2.24) is 10.2 Å². The molecule has 2 aromatic carbocycles. The minimum absolute atomic E-state index is 0.000101. The maximum absolute atomic E-state index is 13.1. The van der Waals surface area contributed by atoms with Crippen LogP contribution < -0.4 is 10.1 Å². The lowest BCUT2D eigenvalue weighted by Gasteiger charge is -2.31. The van der Waals surface area contributed by atoms with Crippen LogP contribution in [0.3, 0.4) is 0 Å². The van der Waals surface area contributed by atoms with Crippen LogP contribution in [-0.4, -0.2) is 36.4 Å². The fourth-order valence-corrected chi connectivity index (χ4v) is 3.35. The average molecular weight is 411 g/mol. The molecule has 0 aliphatic rings. The molecule has 5 heteroatoms. The lowest BCUT2D eigenvalue weighted by molar-refractivity contribution is -0.141. The highest BCUT2D eigenvalue weighted by Crippen LogP contribution is 2.18. The number of unbranched alkanes of at least 4 members (excludes halogenated alkanes) is 1. The topological polar surface area (TPSA) is 58.6 Å². The van der Waals surface area contributed by atoms with E-state index in [4.69, 9.17) is 4.74 Å². The van der Waals surface area contributed by atoms with Gasteiger partial charge in [0.05, 0.1) is 7.11 Å². The Bertz CT molecular complexity index is 775. The van der Waals surface area contributed by atoms with E-state index in [1.165, 1.54) is 0 Å². The quantitative estimate of drug-likeness (QED) is 0.529. The summed E-state index contributed by atoms with van der Waals surface area (Å²) in [7, 11) is 1.63. The van der Waals surface area contributed by atoms with Gasteiger partial charge in [-0.2, -0.15) is 0 Å². The monoisotopic (exact) mass is 410 g/mol. The molecule has 1 unspecified atom stereocenters. The molecule has 0 aromatic heterocycles. The van der Waals surface area contributed by atoms with Crippen LogP contribution in [0.15, 0.2) is 54.6 Å². The van der Waals surface area contributed by atoms with Gasteiger partial charge in [0, 0.05) is 25.9 Å². The first-order chi connectivity index (χ1) is 14.6. The van der Waals surface area contributed by atoms with E-state index in [1.54, 1.807) is 12.0 Å². The minimum atomic E-state index is -0.551. The smallest absolute Gasteiger partial charge is 0.243 e. The van der Waals surface area contributed by atoms with Crippen LogP contribution in [-0.2, 0) is 22.6 Å². The lowest BCUT2D eigenvalue weighted by Crippen LogP contribution is -2.50. The van der Waals surface area contributed by atoms with Crippen LogP contribution in [0, 0.1) is 0 Å². The zero-order valence-corrected chi connectivity index (χ0v) is 18.4. The molecular weight excluding hydrogens is 376 g/mol. The van der Waals surface area contributed by atoms with Crippen molar-refractivity contribution in [2.24, 2.45) is 0 Å². The van der Waals surface area contributed by atoms with Crippen LogP contribution in [0.4, 0.5) is 0 Å². The Morgan fingerprint density at radius 2 is 1.67 bits per heavy atom. The summed E-state index contributed by atoms with van der Waals surface area (Å²) in [4.78, 5) is 27.9. The zero-order valence-electron chi connectivity index (χ0n) is 18.4. The third-order valence-corrected chi connectivity index (χ3v) is 5.08. The largest absolute Gasteiger partial charge is 0.497 e. The Morgan fingerprint density at radius 1 is 0.967 bits per heavy atom. The highest BCUT2D eigenvalue weighted by Gasteiger charge is 2.29. The standard InChI is InChI=1S/C25H34N2O3/c1-4-6-17-26-25(29)23(18-20-11-8-7-9-12-20)27(24(28)10-5-2)19-21-13-15-22(30-3)16-14-21/h7-9,11-16,23H,4-6,10,17-19H2,1-3H3,(H,26,29). The van der Waals surface area contributed by atoms with E-state index in [-0.39, 0.29) is 11.8 Å². The fourth-order valence-electron chi connectivity index (χ4n) is 3.35. The molecule has 1 N–H and O–H groups in total. The summed E-state index contributed by atoms with van der Waals surface area (Å²) >= 11 is 0. The minimum Gasteiger partial charge on any atom is -0.497 e. The van der Waals surface area contributed by atoms with E-state index in [2.05, 4.69) is 12.2 Å². The molecule has 5 nitrogen and oxygen atoms in total. The molecular formula is C25H34N2O3. The normalized spacial score (nSPS) is 11.6. The van der Waals surface area contributed by atoms with Crippen molar-refractivity contribution in [3.8, 4) is 5.75 Å². The molecule has 0 aliphatic heterocycles. The second-order valence-corrected chi connectivity index (χ2v) is 7.47. The summed E-state index contributed by atoms with van der Waals surface area (Å²) in [5, 5.41) is 3.03. The van der Waals surface area contributed by atoms with Crippen molar-refractivity contribution in [3.05, 3.63) is 65.7 Å². The average Bonchev–Trinajstić information content (AvgIpc) is 2.77. The summed E-state index contributed by atoms with van der Waals surface area (Å²) in [6.45, 7) is 5.09. The summed E-state index contributed by atoms with van der Waals surface area (Å²) < 4.78 is 5.24. The van der Waals surface area contributed by atoms with E-state index in [1.807, 2.05) is 61.5 Å². The van der Waals surface area contributed by atoms with Gasteiger partial charge in [-0.15, -0.1) is 0 Å². The Kier molecular flexibility index (Phi) is 9.92. The van der Waals surface area contributed by atoms with E-state index in [0.29, 0.717) is 25.9 Å². The molecule has 2 rings (SSSR count). The van der Waals surface area contributed by atoms with Crippen molar-refractivity contribution in [2.75, 3.05) is 13.7 Å². The van der Waals surface area contributed by atoms with E-state index in [9.17, 15) is 9.59 Å². The van der Waals surface area contributed by atoms with Gasteiger partial charge in [-0.25, -0.2) is 0 Å². The van der Waals surface area contributed by atoms with Crippen molar-refractivity contribution in [3.63, 3.8) is 0 Å². The summed E-state index contributed by atoms with van der Waals surface area (Å²) in [5.41, 5.74) is 2.01. The summed E-state index contributed by atoms with van der Waals surface area (Å²) in [6.07, 6.45) is 3.58. The molecule has 0 radical (unpaired) electrons. The summed E-state index contributed by atoms with van der Waals surface area (Å²) in [5.74, 6) is 0.675. The number of amides is 2. The van der Waals surface area contributed by atoms with Crippen molar-refractivity contribution in [1.29, 1.82) is 0 Å². The summed E-state index contributed by atoms with van der Waals surface area (Å²) in [6, 6.07) is 17.0. The third kappa shape index (κ3) is 7.21. The van der Waals surface area contributed by atoms with Gasteiger partial charge in [0.25, 0.3) is 0 Å². The van der Waals surface area contributed by atoms with Crippen molar-refractivity contribution >= 4 is 11.8 Å². The zero-order chi connectivity index (χ0) is 21.8. The molecule has 0 spiro atoms. The lowest BCUT2D eigenvalue weighted by atomic mass is 10.0. The van der Waals surface area contributed by atoms with Crippen molar-refractivity contribution < 1.29 is 14.3 Å². The maximum Gasteiger partial charge on any atom is 0.243 e. The van der Waals surface area contributed by atoms with Crippen LogP contribution in [0.1, 0.15) is 50.7 Å². The molecule has 0 aliphatic carbocycles. The maximum atomic E-state index is 13.1. The molecule has 1 atom stereocenters. The van der Waals surface area contributed by atoms with Gasteiger partial charge in [-0.05, 0) is 36.1 Å². The first kappa shape index (κ1) is 23.5. The third-order valence-electron chi connectivity index (χ3n) is 5.08. The highest BCUT2D eigenvalue weighted by atomic mass is 16.5. The number of ether oxygens (including phenoxy) is 1. The number of nitrogens with zero attached hydrogens (tertiary/aromatic N) is 1. The Balaban J connectivity index is 2.30. The first-order valence-electron chi connectivity index (χ1n) is 10.8. The number of rotatable bonds is 12. The van der Waals surface area contributed by atoms with Gasteiger partial charge in [-0.1, -0.05) is 62.7 Å². The second-order valence-electron chi connectivity index (χ2n) is 7.47. The van der Waals surface area contributed by atoms with Gasteiger partial charge >= 0.3 is 0 Å². The molecule has 162 valence electrons. The molecule has 0 saturated carbocycles. The van der Waals surface area contributed by atoms with E-state index in [0.717, 1.165) is 36.1 Å². The first-order valence-corrected chi connectivity index (χ1v) is 10.8. The molecule has 0 fully saturated rings. The van der Waals surface area contributed by atoms with Gasteiger partial charge in [0.15, 0.2) is 0 Å². The molecule has 2 amide bonds. The predicted octanol–water partition coefficient (Wildman–Crippen LogP) is 4.35. The number of methoxy groups -OCH3 is 1. The van der Waals surface area contributed by atoms with E-state index >= 15 is 0 Å². The SMILES string of the molecule is CCCCNC(=O)C(Cc1ccccc1)N(Cc1ccc(OC)cc1)C(=O)CCC. The highest BCUT2D eigenvalue weighted by molar-refractivity contribution is 5.88. The second kappa shape index (κ2) is 12.7. The molecule has 0 bridgehead atoms. The Morgan fingerprint density at radius 3 is 2.27 bits per heavy atom. The van der Waals surface area contributed by atoms with Gasteiger partial charge < -0.3 is 15.0 Å². The number of carbonyl (C=O) groups excluding carboxylic acids is 2. The predicted molar refractivity (Wildman–Crippen MR) is 120 cm³/mol.